The largest absolute Gasteiger partial charge is 0.493 e. The van der Waals surface area contributed by atoms with Crippen LogP contribution in [0, 0.1) is 11.6 Å². The Bertz CT molecular complexity index is 613. The third-order valence-electron chi connectivity index (χ3n) is 2.45. The van der Waals surface area contributed by atoms with Crippen molar-refractivity contribution in [3.63, 3.8) is 0 Å². The fraction of sp³-hybridized carbons (Fsp3) is 0.231. The molecule has 0 saturated carbocycles. The molecular formula is C13H10ClF2IN2O. The minimum Gasteiger partial charge on any atom is -0.493 e. The van der Waals surface area contributed by atoms with Crippen molar-refractivity contribution >= 4 is 34.2 Å². The van der Waals surface area contributed by atoms with E-state index < -0.39 is 11.6 Å². The maximum Gasteiger partial charge on any atom is 0.223 e. The van der Waals surface area contributed by atoms with Gasteiger partial charge in [-0.05, 0) is 30.2 Å². The average Bonchev–Trinajstić information content (AvgIpc) is 2.42. The topological polar surface area (TPSA) is 35.0 Å². The monoisotopic (exact) mass is 410 g/mol. The first-order chi connectivity index (χ1) is 9.61. The molecule has 1 aromatic carbocycles. The maximum atomic E-state index is 13.8. The summed E-state index contributed by atoms with van der Waals surface area (Å²) < 4.78 is 33.5. The predicted octanol–water partition coefficient (Wildman–Crippen LogP) is 4.28. The van der Waals surface area contributed by atoms with E-state index in [9.17, 15) is 8.78 Å². The average molecular weight is 411 g/mol. The Morgan fingerprint density at radius 3 is 2.85 bits per heavy atom. The standard InChI is InChI=1S/C13H10ClF2IN2O/c14-13-18-7-10(16)12(19-13)9-3-2-8(15)6-11(9)20-5-1-4-17/h2-3,6-7H,1,4-5H2. The zero-order chi connectivity index (χ0) is 14.5. The van der Waals surface area contributed by atoms with Crippen molar-refractivity contribution < 1.29 is 13.5 Å². The molecule has 0 aliphatic rings. The first-order valence-corrected chi connectivity index (χ1v) is 7.69. The molecule has 0 fully saturated rings. The van der Waals surface area contributed by atoms with Crippen molar-refractivity contribution in [3.05, 3.63) is 41.3 Å². The second-order valence-electron chi connectivity index (χ2n) is 3.87. The molecule has 0 radical (unpaired) electrons. The molecule has 0 amide bonds. The van der Waals surface area contributed by atoms with Crippen molar-refractivity contribution in [1.29, 1.82) is 0 Å². The van der Waals surface area contributed by atoms with Gasteiger partial charge in [0.15, 0.2) is 5.82 Å². The highest BCUT2D eigenvalue weighted by Gasteiger charge is 2.15. The number of aromatic nitrogens is 2. The van der Waals surface area contributed by atoms with Gasteiger partial charge in [0.25, 0.3) is 0 Å². The van der Waals surface area contributed by atoms with Gasteiger partial charge in [-0.3, -0.25) is 0 Å². The highest BCUT2D eigenvalue weighted by molar-refractivity contribution is 14.1. The molecule has 1 heterocycles. The van der Waals surface area contributed by atoms with Gasteiger partial charge in [0.2, 0.25) is 5.28 Å². The summed E-state index contributed by atoms with van der Waals surface area (Å²) in [5.74, 6) is -0.859. The van der Waals surface area contributed by atoms with Gasteiger partial charge in [-0.2, -0.15) is 0 Å². The molecule has 3 nitrogen and oxygen atoms in total. The SMILES string of the molecule is Fc1ccc(-c2nc(Cl)ncc2F)c(OCCCI)c1. The van der Waals surface area contributed by atoms with Crippen molar-refractivity contribution in [1.82, 2.24) is 9.97 Å². The summed E-state index contributed by atoms with van der Waals surface area (Å²) in [4.78, 5) is 7.39. The summed E-state index contributed by atoms with van der Waals surface area (Å²) in [6.45, 7) is 0.416. The Hall–Kier alpha value is -1.02. The van der Waals surface area contributed by atoms with Crippen LogP contribution >= 0.6 is 34.2 Å². The Balaban J connectivity index is 2.41. The van der Waals surface area contributed by atoms with Crippen LogP contribution in [0.15, 0.2) is 24.4 Å². The van der Waals surface area contributed by atoms with E-state index in [1.54, 1.807) is 0 Å². The van der Waals surface area contributed by atoms with E-state index in [1.165, 1.54) is 18.2 Å². The normalized spacial score (nSPS) is 10.6. The summed E-state index contributed by atoms with van der Waals surface area (Å²) in [7, 11) is 0. The molecule has 7 heteroatoms. The van der Waals surface area contributed by atoms with Crippen LogP contribution in [0.3, 0.4) is 0 Å². The lowest BCUT2D eigenvalue weighted by atomic mass is 10.1. The molecule has 0 N–H and O–H groups in total. The van der Waals surface area contributed by atoms with Crippen molar-refractivity contribution in [2.75, 3.05) is 11.0 Å². The molecule has 2 rings (SSSR count). The molecule has 0 atom stereocenters. The van der Waals surface area contributed by atoms with Crippen LogP contribution in [-0.4, -0.2) is 21.0 Å². The van der Waals surface area contributed by atoms with Crippen molar-refractivity contribution in [3.8, 4) is 17.0 Å². The fourth-order valence-electron chi connectivity index (χ4n) is 1.58. The molecule has 0 spiro atoms. The molecule has 106 valence electrons. The number of rotatable bonds is 5. The fourth-order valence-corrected chi connectivity index (χ4v) is 2.03. The quantitative estimate of drug-likeness (QED) is 0.319. The lowest BCUT2D eigenvalue weighted by Gasteiger charge is -2.11. The van der Waals surface area contributed by atoms with Crippen LogP contribution in [0.4, 0.5) is 8.78 Å². The molecule has 1 aromatic heterocycles. The van der Waals surface area contributed by atoms with Gasteiger partial charge in [-0.15, -0.1) is 0 Å². The Labute approximate surface area is 133 Å². The predicted molar refractivity (Wildman–Crippen MR) is 81.4 cm³/mol. The van der Waals surface area contributed by atoms with Crippen molar-refractivity contribution in [2.24, 2.45) is 0 Å². The summed E-state index contributed by atoms with van der Waals surface area (Å²) in [6.07, 6.45) is 1.78. The second-order valence-corrected chi connectivity index (χ2v) is 5.28. The lowest BCUT2D eigenvalue weighted by molar-refractivity contribution is 0.319. The molecule has 2 aromatic rings. The van der Waals surface area contributed by atoms with Gasteiger partial charge in [-0.1, -0.05) is 22.6 Å². The Kier molecular flexibility index (Phi) is 5.47. The number of halogens is 4. The first-order valence-electron chi connectivity index (χ1n) is 5.78. The van der Waals surface area contributed by atoms with Gasteiger partial charge in [-0.25, -0.2) is 18.7 Å². The van der Waals surface area contributed by atoms with E-state index >= 15 is 0 Å². The van der Waals surface area contributed by atoms with Gasteiger partial charge in [0, 0.05) is 16.1 Å². The van der Waals surface area contributed by atoms with Crippen LogP contribution in [0.1, 0.15) is 6.42 Å². The minimum absolute atomic E-state index is 0.00512. The minimum atomic E-state index is -0.639. The maximum absolute atomic E-state index is 13.8. The number of nitrogens with zero attached hydrogens (tertiary/aromatic N) is 2. The van der Waals surface area contributed by atoms with Gasteiger partial charge in [0.1, 0.15) is 17.3 Å². The zero-order valence-corrected chi connectivity index (χ0v) is 13.2. The summed E-state index contributed by atoms with van der Waals surface area (Å²) in [5, 5.41) is -0.0797. The van der Waals surface area contributed by atoms with E-state index in [0.717, 1.165) is 17.0 Å². The lowest BCUT2D eigenvalue weighted by Crippen LogP contribution is -2.01. The number of hydrogen-bond acceptors (Lipinski definition) is 3. The summed E-state index contributed by atoms with van der Waals surface area (Å²) >= 11 is 7.89. The summed E-state index contributed by atoms with van der Waals surface area (Å²) in [5.41, 5.74) is 0.344. The summed E-state index contributed by atoms with van der Waals surface area (Å²) in [6, 6.07) is 3.84. The van der Waals surface area contributed by atoms with Crippen LogP contribution in [0.5, 0.6) is 5.75 Å². The molecule has 0 aliphatic heterocycles. The van der Waals surface area contributed by atoms with E-state index in [2.05, 4.69) is 32.6 Å². The first kappa shape index (κ1) is 15.4. The molecule has 0 aliphatic carbocycles. The van der Waals surface area contributed by atoms with E-state index in [-0.39, 0.29) is 16.7 Å². The smallest absolute Gasteiger partial charge is 0.223 e. The highest BCUT2D eigenvalue weighted by Crippen LogP contribution is 2.31. The van der Waals surface area contributed by atoms with Gasteiger partial charge in [0.05, 0.1) is 12.8 Å². The molecule has 20 heavy (non-hydrogen) atoms. The van der Waals surface area contributed by atoms with Crippen LogP contribution in [0.25, 0.3) is 11.3 Å². The molecular weight excluding hydrogens is 401 g/mol. The number of alkyl halides is 1. The Morgan fingerprint density at radius 1 is 1.30 bits per heavy atom. The third kappa shape index (κ3) is 3.76. The van der Waals surface area contributed by atoms with Gasteiger partial charge >= 0.3 is 0 Å². The molecule has 0 unspecified atom stereocenters. The number of benzene rings is 1. The van der Waals surface area contributed by atoms with Crippen LogP contribution in [0.2, 0.25) is 5.28 Å². The zero-order valence-electron chi connectivity index (χ0n) is 10.2. The molecule has 0 saturated heterocycles. The van der Waals surface area contributed by atoms with Gasteiger partial charge < -0.3 is 4.74 Å². The number of hydrogen-bond donors (Lipinski definition) is 0. The Morgan fingerprint density at radius 2 is 2.10 bits per heavy atom. The van der Waals surface area contributed by atoms with Crippen LogP contribution in [-0.2, 0) is 0 Å². The van der Waals surface area contributed by atoms with Crippen molar-refractivity contribution in [2.45, 2.75) is 6.42 Å². The van der Waals surface area contributed by atoms with E-state index in [1.807, 2.05) is 0 Å². The highest BCUT2D eigenvalue weighted by atomic mass is 127. The number of ether oxygens (including phenoxy) is 1. The van der Waals surface area contributed by atoms with Crippen LogP contribution < -0.4 is 4.74 Å². The second kappa shape index (κ2) is 7.12. The van der Waals surface area contributed by atoms with E-state index in [4.69, 9.17) is 16.3 Å². The molecule has 0 bridgehead atoms. The third-order valence-corrected chi connectivity index (χ3v) is 3.39. The van der Waals surface area contributed by atoms with E-state index in [0.29, 0.717) is 12.2 Å².